The summed E-state index contributed by atoms with van der Waals surface area (Å²) >= 11 is 3.11. The van der Waals surface area contributed by atoms with Crippen molar-refractivity contribution in [2.75, 3.05) is 23.3 Å². The van der Waals surface area contributed by atoms with Crippen molar-refractivity contribution in [1.82, 2.24) is 25.3 Å². The van der Waals surface area contributed by atoms with Gasteiger partial charge in [0.1, 0.15) is 6.54 Å². The van der Waals surface area contributed by atoms with E-state index in [0.29, 0.717) is 11.0 Å². The maximum absolute atomic E-state index is 12.4. The summed E-state index contributed by atoms with van der Waals surface area (Å²) in [6.45, 7) is -0.890. The third kappa shape index (κ3) is 3.06. The summed E-state index contributed by atoms with van der Waals surface area (Å²) in [6.07, 6.45) is -4.29. The molecule has 2 rings (SSSR count). The molecular weight excluding hydrogens is 317 g/mol. The Morgan fingerprint density at radius 1 is 1.33 bits per heavy atom. The van der Waals surface area contributed by atoms with E-state index in [2.05, 4.69) is 36.6 Å². The standard InChI is InChI=1S/C8H8BrF3N6/c9-3-4-17(5-8(10,11)12)7-2-1-6-13-15-16-18(6)14-7/h1-2H,3-5H2. The van der Waals surface area contributed by atoms with E-state index in [1.807, 2.05) is 0 Å². The van der Waals surface area contributed by atoms with Gasteiger partial charge in [0.15, 0.2) is 11.5 Å². The van der Waals surface area contributed by atoms with Crippen molar-refractivity contribution in [3.8, 4) is 0 Å². The van der Waals surface area contributed by atoms with Crippen molar-refractivity contribution in [2.45, 2.75) is 6.18 Å². The molecule has 0 bridgehead atoms. The Hall–Kier alpha value is -1.45. The zero-order valence-electron chi connectivity index (χ0n) is 8.97. The number of tetrazole rings is 1. The summed E-state index contributed by atoms with van der Waals surface area (Å²) in [5, 5.41) is 14.9. The lowest BCUT2D eigenvalue weighted by atomic mass is 10.4. The van der Waals surface area contributed by atoms with Crippen LogP contribution in [0.3, 0.4) is 0 Å². The molecule has 0 fully saturated rings. The monoisotopic (exact) mass is 324 g/mol. The predicted octanol–water partition coefficient (Wildman–Crippen LogP) is 1.28. The van der Waals surface area contributed by atoms with Crippen LogP contribution < -0.4 is 4.90 Å². The third-order valence-corrected chi connectivity index (χ3v) is 2.46. The fraction of sp³-hybridized carbons (Fsp3) is 0.500. The Morgan fingerprint density at radius 3 is 2.78 bits per heavy atom. The summed E-state index contributed by atoms with van der Waals surface area (Å²) in [4.78, 5) is 1.11. The average Bonchev–Trinajstić information content (AvgIpc) is 2.73. The maximum atomic E-state index is 12.4. The van der Waals surface area contributed by atoms with E-state index >= 15 is 0 Å². The van der Waals surface area contributed by atoms with Crippen LogP contribution in [0.2, 0.25) is 0 Å². The van der Waals surface area contributed by atoms with Crippen molar-refractivity contribution in [3.05, 3.63) is 12.1 Å². The second-order valence-corrected chi connectivity index (χ2v) is 4.24. The van der Waals surface area contributed by atoms with E-state index in [4.69, 9.17) is 0 Å². The molecule has 0 saturated carbocycles. The smallest absolute Gasteiger partial charge is 0.345 e. The van der Waals surface area contributed by atoms with E-state index in [-0.39, 0.29) is 12.4 Å². The number of aromatic nitrogens is 5. The number of rotatable bonds is 4. The minimum absolute atomic E-state index is 0.173. The largest absolute Gasteiger partial charge is 0.405 e. The average molecular weight is 325 g/mol. The molecule has 2 aromatic rings. The number of anilines is 1. The molecule has 0 N–H and O–H groups in total. The quantitative estimate of drug-likeness (QED) is 0.793. The van der Waals surface area contributed by atoms with Gasteiger partial charge in [-0.2, -0.15) is 13.2 Å². The highest BCUT2D eigenvalue weighted by Gasteiger charge is 2.31. The van der Waals surface area contributed by atoms with E-state index in [1.165, 1.54) is 12.1 Å². The van der Waals surface area contributed by atoms with Gasteiger partial charge in [-0.1, -0.05) is 15.9 Å². The molecule has 2 aromatic heterocycles. The van der Waals surface area contributed by atoms with Crippen molar-refractivity contribution >= 4 is 27.4 Å². The number of hydrogen-bond donors (Lipinski definition) is 0. The predicted molar refractivity (Wildman–Crippen MR) is 60.6 cm³/mol. The zero-order chi connectivity index (χ0) is 13.2. The molecule has 0 aliphatic rings. The molecule has 0 radical (unpaired) electrons. The highest BCUT2D eigenvalue weighted by atomic mass is 79.9. The van der Waals surface area contributed by atoms with Gasteiger partial charge in [-0.05, 0) is 22.6 Å². The third-order valence-electron chi connectivity index (χ3n) is 2.10. The van der Waals surface area contributed by atoms with Crippen LogP contribution >= 0.6 is 15.9 Å². The molecule has 0 atom stereocenters. The van der Waals surface area contributed by atoms with Gasteiger partial charge in [-0.25, -0.2) is 0 Å². The molecule has 0 aromatic carbocycles. The van der Waals surface area contributed by atoms with Crippen LogP contribution in [-0.4, -0.2) is 49.9 Å². The molecular formula is C8H8BrF3N6. The molecule has 0 amide bonds. The van der Waals surface area contributed by atoms with Crippen molar-refractivity contribution < 1.29 is 13.2 Å². The van der Waals surface area contributed by atoms with Gasteiger partial charge < -0.3 is 4.90 Å². The first kappa shape index (κ1) is 13.0. The number of hydrogen-bond acceptors (Lipinski definition) is 5. The van der Waals surface area contributed by atoms with Crippen LogP contribution in [0.4, 0.5) is 19.0 Å². The first-order chi connectivity index (χ1) is 8.49. The van der Waals surface area contributed by atoms with E-state index < -0.39 is 12.7 Å². The van der Waals surface area contributed by atoms with E-state index in [9.17, 15) is 13.2 Å². The van der Waals surface area contributed by atoms with Crippen LogP contribution in [0.5, 0.6) is 0 Å². The van der Waals surface area contributed by atoms with Gasteiger partial charge in [-0.15, -0.1) is 14.8 Å². The molecule has 2 heterocycles. The fourth-order valence-corrected chi connectivity index (χ4v) is 1.83. The highest BCUT2D eigenvalue weighted by Crippen LogP contribution is 2.20. The fourth-order valence-electron chi connectivity index (χ4n) is 1.40. The molecule has 10 heteroatoms. The van der Waals surface area contributed by atoms with Gasteiger partial charge in [0.05, 0.1) is 0 Å². The van der Waals surface area contributed by atoms with Gasteiger partial charge in [0.25, 0.3) is 0 Å². The Kier molecular flexibility index (Phi) is 3.64. The SMILES string of the molecule is FC(F)(F)CN(CCBr)c1ccc2nnnn2n1. The summed E-state index contributed by atoms with van der Waals surface area (Å²) in [5.41, 5.74) is 0.379. The van der Waals surface area contributed by atoms with Crippen LogP contribution in [0.15, 0.2) is 12.1 Å². The van der Waals surface area contributed by atoms with Crippen molar-refractivity contribution in [2.24, 2.45) is 0 Å². The van der Waals surface area contributed by atoms with Gasteiger partial charge in [0.2, 0.25) is 0 Å². The number of nitrogens with zero attached hydrogens (tertiary/aromatic N) is 6. The molecule has 18 heavy (non-hydrogen) atoms. The summed E-state index contributed by atoms with van der Waals surface area (Å²) in [5.74, 6) is 0.173. The molecule has 0 unspecified atom stereocenters. The molecule has 0 saturated heterocycles. The van der Waals surface area contributed by atoms with Gasteiger partial charge in [-0.3, -0.25) is 0 Å². The number of halogens is 4. The Labute approximate surface area is 108 Å². The van der Waals surface area contributed by atoms with Gasteiger partial charge in [0, 0.05) is 11.9 Å². The Morgan fingerprint density at radius 2 is 2.11 bits per heavy atom. The molecule has 0 aliphatic carbocycles. The lowest BCUT2D eigenvalue weighted by Crippen LogP contribution is -2.36. The lowest BCUT2D eigenvalue weighted by Gasteiger charge is -2.23. The second kappa shape index (κ2) is 5.04. The highest BCUT2D eigenvalue weighted by molar-refractivity contribution is 9.09. The first-order valence-electron chi connectivity index (χ1n) is 4.93. The van der Waals surface area contributed by atoms with Crippen LogP contribution in [-0.2, 0) is 0 Å². The molecule has 6 nitrogen and oxygen atoms in total. The Bertz CT molecular complexity index is 527. The van der Waals surface area contributed by atoms with Crippen LogP contribution in [0, 0.1) is 0 Å². The minimum atomic E-state index is -4.29. The topological polar surface area (TPSA) is 59.2 Å². The molecule has 0 aliphatic heterocycles. The van der Waals surface area contributed by atoms with E-state index in [0.717, 1.165) is 9.53 Å². The minimum Gasteiger partial charge on any atom is -0.345 e. The Balaban J connectivity index is 2.28. The number of fused-ring (bicyclic) bond motifs is 1. The second-order valence-electron chi connectivity index (χ2n) is 3.44. The normalized spacial score (nSPS) is 12.0. The summed E-state index contributed by atoms with van der Waals surface area (Å²) < 4.78 is 38.4. The van der Waals surface area contributed by atoms with Crippen LogP contribution in [0.1, 0.15) is 0 Å². The maximum Gasteiger partial charge on any atom is 0.405 e. The van der Waals surface area contributed by atoms with Gasteiger partial charge >= 0.3 is 6.18 Å². The first-order valence-corrected chi connectivity index (χ1v) is 6.05. The van der Waals surface area contributed by atoms with Crippen molar-refractivity contribution in [1.29, 1.82) is 0 Å². The zero-order valence-corrected chi connectivity index (χ0v) is 10.6. The van der Waals surface area contributed by atoms with Crippen LogP contribution in [0.25, 0.3) is 5.65 Å². The summed E-state index contributed by atoms with van der Waals surface area (Å²) in [7, 11) is 0. The molecule has 0 spiro atoms. The summed E-state index contributed by atoms with van der Waals surface area (Å²) in [6, 6.07) is 2.97. The van der Waals surface area contributed by atoms with E-state index in [1.54, 1.807) is 0 Å². The molecule has 98 valence electrons. The number of alkyl halides is 4. The lowest BCUT2D eigenvalue weighted by molar-refractivity contribution is -0.119. The van der Waals surface area contributed by atoms with Crippen molar-refractivity contribution in [3.63, 3.8) is 0 Å².